The third-order valence-electron chi connectivity index (χ3n) is 7.74. The molecule has 1 aliphatic rings. The maximum Gasteiger partial charge on any atom is 0.355 e. The SMILES string of the molecule is C=CC(=O)N1C[C@H](C)N(c2nc(=O)n(-c3c(C)ccnc3C(C)C)c3nc(-c4cc(C)sc4C)c(Cl)cc23)C[C@H]1C. The molecule has 1 amide bonds. The fraction of sp³-hybridized carbons (Fsp3) is 0.387. The van der Waals surface area contributed by atoms with Crippen LogP contribution in [0.25, 0.3) is 28.0 Å². The van der Waals surface area contributed by atoms with Gasteiger partial charge in [0.2, 0.25) is 5.91 Å². The van der Waals surface area contributed by atoms with Crippen molar-refractivity contribution in [3.05, 3.63) is 73.6 Å². The highest BCUT2D eigenvalue weighted by Gasteiger charge is 2.34. The van der Waals surface area contributed by atoms with Gasteiger partial charge in [0, 0.05) is 46.7 Å². The van der Waals surface area contributed by atoms with E-state index in [1.807, 2.05) is 32.9 Å². The van der Waals surface area contributed by atoms with Crippen molar-refractivity contribution in [3.8, 4) is 16.9 Å². The maximum absolute atomic E-state index is 14.1. The highest BCUT2D eigenvalue weighted by molar-refractivity contribution is 7.12. The van der Waals surface area contributed by atoms with Gasteiger partial charge in [0.25, 0.3) is 0 Å². The van der Waals surface area contributed by atoms with E-state index in [2.05, 4.69) is 55.2 Å². The average molecular weight is 591 g/mol. The van der Waals surface area contributed by atoms with Crippen LogP contribution in [0, 0.1) is 20.8 Å². The summed E-state index contributed by atoms with van der Waals surface area (Å²) < 4.78 is 1.59. The number of pyridine rings is 2. The number of thiophene rings is 1. The molecule has 5 rings (SSSR count). The van der Waals surface area contributed by atoms with Crippen molar-refractivity contribution in [2.45, 2.75) is 66.5 Å². The van der Waals surface area contributed by atoms with Crippen LogP contribution in [-0.4, -0.2) is 55.5 Å². The Kier molecular flexibility index (Phi) is 7.78. The van der Waals surface area contributed by atoms with E-state index in [-0.39, 0.29) is 23.9 Å². The smallest absolute Gasteiger partial charge is 0.349 e. The molecule has 0 saturated carbocycles. The van der Waals surface area contributed by atoms with E-state index in [0.29, 0.717) is 46.3 Å². The standard InChI is InChI=1S/C31H35ClN6O2S/c1-9-25(39)36-14-19(6)37(15-18(36)5)29-23-13-24(32)27(22-12-20(7)41-21(22)8)34-30(23)38(31(40)35-29)28-17(4)10-11-33-26(28)16(2)3/h9-13,16,18-19H,1,14-15H2,2-8H3/t18-,19+/m1/s1. The van der Waals surface area contributed by atoms with E-state index in [9.17, 15) is 9.59 Å². The number of fused-ring (bicyclic) bond motifs is 1. The van der Waals surface area contributed by atoms with Gasteiger partial charge in [-0.25, -0.2) is 14.3 Å². The van der Waals surface area contributed by atoms with Crippen LogP contribution < -0.4 is 10.6 Å². The molecule has 0 radical (unpaired) electrons. The van der Waals surface area contributed by atoms with Gasteiger partial charge < -0.3 is 9.80 Å². The second-order valence-electron chi connectivity index (χ2n) is 11.1. The second-order valence-corrected chi connectivity index (χ2v) is 13.0. The Hall–Kier alpha value is -3.56. The van der Waals surface area contributed by atoms with Crippen molar-refractivity contribution in [1.29, 1.82) is 0 Å². The van der Waals surface area contributed by atoms with Gasteiger partial charge in [-0.15, -0.1) is 11.3 Å². The summed E-state index contributed by atoms with van der Waals surface area (Å²) in [6, 6.07) is 5.65. The Morgan fingerprint density at radius 2 is 1.88 bits per heavy atom. The Morgan fingerprint density at radius 3 is 2.51 bits per heavy atom. The summed E-state index contributed by atoms with van der Waals surface area (Å²) in [6.07, 6.45) is 3.11. The monoisotopic (exact) mass is 590 g/mol. The van der Waals surface area contributed by atoms with Crippen molar-refractivity contribution < 1.29 is 4.79 Å². The van der Waals surface area contributed by atoms with Gasteiger partial charge in [0.05, 0.1) is 27.5 Å². The van der Waals surface area contributed by atoms with Crippen LogP contribution in [0.15, 0.2) is 41.8 Å². The molecule has 10 heteroatoms. The number of piperazine rings is 1. The predicted molar refractivity (Wildman–Crippen MR) is 168 cm³/mol. The molecular formula is C31H35ClN6O2S. The lowest BCUT2D eigenvalue weighted by atomic mass is 10.0. The van der Waals surface area contributed by atoms with E-state index in [4.69, 9.17) is 16.6 Å². The van der Waals surface area contributed by atoms with E-state index in [0.717, 1.165) is 26.6 Å². The predicted octanol–water partition coefficient (Wildman–Crippen LogP) is 6.22. The van der Waals surface area contributed by atoms with Gasteiger partial charge in [-0.3, -0.25) is 9.78 Å². The van der Waals surface area contributed by atoms with Crippen molar-refractivity contribution in [2.75, 3.05) is 18.0 Å². The molecule has 214 valence electrons. The highest BCUT2D eigenvalue weighted by Crippen LogP contribution is 2.38. The number of aryl methyl sites for hydroxylation is 3. The zero-order chi connectivity index (χ0) is 29.7. The minimum Gasteiger partial charge on any atom is -0.349 e. The first kappa shape index (κ1) is 29.0. The number of nitrogens with zero attached hydrogens (tertiary/aromatic N) is 6. The lowest BCUT2D eigenvalue weighted by Crippen LogP contribution is -2.58. The van der Waals surface area contributed by atoms with Crippen LogP contribution in [0.1, 0.15) is 54.6 Å². The molecule has 1 saturated heterocycles. The molecule has 1 aliphatic heterocycles. The lowest BCUT2D eigenvalue weighted by molar-refractivity contribution is -0.128. The largest absolute Gasteiger partial charge is 0.355 e. The summed E-state index contributed by atoms with van der Waals surface area (Å²) >= 11 is 8.65. The number of anilines is 1. The van der Waals surface area contributed by atoms with Gasteiger partial charge in [-0.05, 0) is 70.4 Å². The normalized spacial score (nSPS) is 17.5. The quantitative estimate of drug-likeness (QED) is 0.257. The molecule has 8 nitrogen and oxygen atoms in total. The van der Waals surface area contributed by atoms with Gasteiger partial charge in [-0.1, -0.05) is 32.0 Å². The minimum atomic E-state index is -0.436. The first-order valence-corrected chi connectivity index (χ1v) is 15.0. The molecule has 1 fully saturated rings. The molecule has 0 spiro atoms. The minimum absolute atomic E-state index is 0.0661. The number of aromatic nitrogens is 4. The lowest BCUT2D eigenvalue weighted by Gasteiger charge is -2.44. The fourth-order valence-corrected chi connectivity index (χ4v) is 6.89. The number of amides is 1. The van der Waals surface area contributed by atoms with E-state index in [1.54, 1.807) is 27.0 Å². The molecule has 0 unspecified atom stereocenters. The van der Waals surface area contributed by atoms with Gasteiger partial charge in [0.1, 0.15) is 5.82 Å². The number of carbonyl (C=O) groups excluding carboxylic acids is 1. The zero-order valence-corrected chi connectivity index (χ0v) is 26.1. The fourth-order valence-electron chi connectivity index (χ4n) is 5.71. The molecule has 41 heavy (non-hydrogen) atoms. The molecule has 4 aromatic rings. The van der Waals surface area contributed by atoms with Crippen LogP contribution in [0.5, 0.6) is 0 Å². The summed E-state index contributed by atoms with van der Waals surface area (Å²) in [4.78, 5) is 47.2. The van der Waals surface area contributed by atoms with Gasteiger partial charge >= 0.3 is 5.69 Å². The van der Waals surface area contributed by atoms with Crippen molar-refractivity contribution in [3.63, 3.8) is 0 Å². The van der Waals surface area contributed by atoms with Crippen LogP contribution >= 0.6 is 22.9 Å². The molecule has 5 heterocycles. The van der Waals surface area contributed by atoms with Crippen molar-refractivity contribution >= 4 is 45.7 Å². The summed E-state index contributed by atoms with van der Waals surface area (Å²) in [7, 11) is 0. The molecule has 0 bridgehead atoms. The Morgan fingerprint density at radius 1 is 1.15 bits per heavy atom. The number of hydrogen-bond acceptors (Lipinski definition) is 7. The van der Waals surface area contributed by atoms with Crippen molar-refractivity contribution in [2.24, 2.45) is 0 Å². The summed E-state index contributed by atoms with van der Waals surface area (Å²) in [5, 5.41) is 1.16. The van der Waals surface area contributed by atoms with E-state index in [1.165, 1.54) is 6.08 Å². The highest BCUT2D eigenvalue weighted by atomic mass is 35.5. The first-order valence-electron chi connectivity index (χ1n) is 13.8. The number of hydrogen-bond donors (Lipinski definition) is 0. The topological polar surface area (TPSA) is 84.2 Å². The molecule has 0 N–H and O–H groups in total. The third kappa shape index (κ3) is 5.06. The number of halogens is 1. The second kappa shape index (κ2) is 11.0. The summed E-state index contributed by atoms with van der Waals surface area (Å²) in [5.74, 6) is 0.468. The van der Waals surface area contributed by atoms with Crippen LogP contribution in [0.3, 0.4) is 0 Å². The van der Waals surface area contributed by atoms with Crippen LogP contribution in [0.4, 0.5) is 5.82 Å². The molecular weight excluding hydrogens is 556 g/mol. The van der Waals surface area contributed by atoms with Gasteiger partial charge in [0.15, 0.2) is 5.65 Å². The van der Waals surface area contributed by atoms with Crippen LogP contribution in [-0.2, 0) is 4.79 Å². The Labute approximate surface area is 249 Å². The average Bonchev–Trinajstić information content (AvgIpc) is 3.26. The molecule has 0 aromatic carbocycles. The zero-order valence-electron chi connectivity index (χ0n) is 24.5. The Bertz CT molecular complexity index is 1740. The first-order chi connectivity index (χ1) is 19.4. The summed E-state index contributed by atoms with van der Waals surface area (Å²) in [5.41, 5.74) is 4.00. The molecule has 0 aliphatic carbocycles. The van der Waals surface area contributed by atoms with E-state index >= 15 is 0 Å². The number of carbonyl (C=O) groups is 1. The van der Waals surface area contributed by atoms with Crippen molar-refractivity contribution in [1.82, 2.24) is 24.4 Å². The molecule has 4 aromatic heterocycles. The molecule has 2 atom stereocenters. The van der Waals surface area contributed by atoms with E-state index < -0.39 is 5.69 Å². The maximum atomic E-state index is 14.1. The summed E-state index contributed by atoms with van der Waals surface area (Å²) in [6.45, 7) is 18.8. The van der Waals surface area contributed by atoms with Gasteiger partial charge in [-0.2, -0.15) is 4.98 Å². The van der Waals surface area contributed by atoms with Crippen LogP contribution in [0.2, 0.25) is 5.02 Å². The third-order valence-corrected chi connectivity index (χ3v) is 8.99. The number of rotatable bonds is 5. The Balaban J connectivity index is 1.82.